The SMILES string of the molecule is Oc1ccc2oc3ccccc3c2c1-c1cccc(Cl)c1F. The first-order valence-electron chi connectivity index (χ1n) is 6.74. The normalized spacial score (nSPS) is 11.4. The Bertz CT molecular complexity index is 1020. The summed E-state index contributed by atoms with van der Waals surface area (Å²) in [5, 5.41) is 11.8. The third-order valence-electron chi connectivity index (χ3n) is 3.74. The van der Waals surface area contributed by atoms with Crippen LogP contribution in [0.15, 0.2) is 59.0 Å². The smallest absolute Gasteiger partial charge is 0.149 e. The predicted octanol–water partition coefficient (Wildman–Crippen LogP) is 5.75. The van der Waals surface area contributed by atoms with Crippen molar-refractivity contribution in [2.24, 2.45) is 0 Å². The van der Waals surface area contributed by atoms with Crippen LogP contribution in [0.4, 0.5) is 4.39 Å². The van der Waals surface area contributed by atoms with E-state index < -0.39 is 5.82 Å². The van der Waals surface area contributed by atoms with Crippen LogP contribution in [0.5, 0.6) is 5.75 Å². The van der Waals surface area contributed by atoms with Crippen molar-refractivity contribution < 1.29 is 13.9 Å². The number of para-hydroxylation sites is 1. The molecule has 0 saturated carbocycles. The topological polar surface area (TPSA) is 33.4 Å². The number of hydrogen-bond acceptors (Lipinski definition) is 2. The molecule has 0 aliphatic heterocycles. The molecule has 0 bridgehead atoms. The third kappa shape index (κ3) is 1.79. The number of hydrogen-bond donors (Lipinski definition) is 1. The maximum absolute atomic E-state index is 14.4. The Kier molecular flexibility index (Phi) is 2.84. The molecule has 0 fully saturated rings. The molecule has 0 spiro atoms. The molecule has 0 amide bonds. The van der Waals surface area contributed by atoms with E-state index in [-0.39, 0.29) is 16.3 Å². The van der Waals surface area contributed by atoms with E-state index in [1.54, 1.807) is 18.2 Å². The Morgan fingerprint density at radius 1 is 0.909 bits per heavy atom. The highest BCUT2D eigenvalue weighted by molar-refractivity contribution is 6.31. The minimum Gasteiger partial charge on any atom is -0.507 e. The van der Waals surface area contributed by atoms with Gasteiger partial charge >= 0.3 is 0 Å². The average Bonchev–Trinajstić information content (AvgIpc) is 2.89. The maximum atomic E-state index is 14.4. The van der Waals surface area contributed by atoms with E-state index in [1.807, 2.05) is 24.3 Å². The zero-order chi connectivity index (χ0) is 15.3. The van der Waals surface area contributed by atoms with Gasteiger partial charge in [-0.3, -0.25) is 0 Å². The van der Waals surface area contributed by atoms with E-state index in [9.17, 15) is 9.50 Å². The molecule has 4 rings (SSSR count). The van der Waals surface area contributed by atoms with Gasteiger partial charge in [0, 0.05) is 21.9 Å². The number of phenols is 1. The molecule has 108 valence electrons. The Labute approximate surface area is 130 Å². The zero-order valence-electron chi connectivity index (χ0n) is 11.3. The summed E-state index contributed by atoms with van der Waals surface area (Å²) in [7, 11) is 0. The lowest BCUT2D eigenvalue weighted by Crippen LogP contribution is -1.87. The standard InChI is InChI=1S/C18H10ClFO2/c19-12-6-3-5-11(18(12)20)16-13(21)8-9-15-17(16)10-4-1-2-7-14(10)22-15/h1-9,21H. The number of fused-ring (bicyclic) bond motifs is 3. The highest BCUT2D eigenvalue weighted by Crippen LogP contribution is 2.43. The summed E-state index contributed by atoms with van der Waals surface area (Å²) in [4.78, 5) is 0. The summed E-state index contributed by atoms with van der Waals surface area (Å²) >= 11 is 5.88. The van der Waals surface area contributed by atoms with Crippen molar-refractivity contribution in [2.45, 2.75) is 0 Å². The van der Waals surface area contributed by atoms with Crippen molar-refractivity contribution in [3.05, 3.63) is 65.4 Å². The molecule has 0 aliphatic carbocycles. The fourth-order valence-electron chi connectivity index (χ4n) is 2.78. The fraction of sp³-hybridized carbons (Fsp3) is 0. The molecule has 0 saturated heterocycles. The van der Waals surface area contributed by atoms with Crippen LogP contribution in [0.1, 0.15) is 0 Å². The molecule has 1 heterocycles. The first-order valence-corrected chi connectivity index (χ1v) is 7.12. The van der Waals surface area contributed by atoms with Gasteiger partial charge < -0.3 is 9.52 Å². The van der Waals surface area contributed by atoms with E-state index in [2.05, 4.69) is 0 Å². The molecule has 1 N–H and O–H groups in total. The van der Waals surface area contributed by atoms with E-state index in [0.29, 0.717) is 22.1 Å². The Morgan fingerprint density at radius 3 is 2.59 bits per heavy atom. The average molecular weight is 313 g/mol. The number of benzene rings is 3. The van der Waals surface area contributed by atoms with Crippen molar-refractivity contribution in [3.63, 3.8) is 0 Å². The van der Waals surface area contributed by atoms with Gasteiger partial charge in [0.25, 0.3) is 0 Å². The van der Waals surface area contributed by atoms with Gasteiger partial charge in [-0.2, -0.15) is 0 Å². The Hall–Kier alpha value is -2.52. The molecule has 2 nitrogen and oxygen atoms in total. The summed E-state index contributed by atoms with van der Waals surface area (Å²) in [5.41, 5.74) is 1.92. The van der Waals surface area contributed by atoms with Crippen LogP contribution in [-0.4, -0.2) is 5.11 Å². The first-order chi connectivity index (χ1) is 10.7. The summed E-state index contributed by atoms with van der Waals surface area (Å²) in [6.07, 6.45) is 0. The molecule has 0 unspecified atom stereocenters. The van der Waals surface area contributed by atoms with Crippen LogP contribution in [0.2, 0.25) is 5.02 Å². The van der Waals surface area contributed by atoms with Gasteiger partial charge in [-0.1, -0.05) is 41.9 Å². The summed E-state index contributed by atoms with van der Waals surface area (Å²) in [6, 6.07) is 15.4. The molecule has 1 aromatic heterocycles. The lowest BCUT2D eigenvalue weighted by Gasteiger charge is -2.08. The van der Waals surface area contributed by atoms with Gasteiger partial charge in [-0.25, -0.2) is 4.39 Å². The Morgan fingerprint density at radius 2 is 1.73 bits per heavy atom. The lowest BCUT2D eigenvalue weighted by atomic mass is 9.98. The second-order valence-corrected chi connectivity index (χ2v) is 5.44. The van der Waals surface area contributed by atoms with Gasteiger partial charge in [-0.15, -0.1) is 0 Å². The molecule has 0 atom stereocenters. The molecule has 0 radical (unpaired) electrons. The van der Waals surface area contributed by atoms with Gasteiger partial charge in [0.15, 0.2) is 0 Å². The van der Waals surface area contributed by atoms with Crippen LogP contribution in [0.3, 0.4) is 0 Å². The zero-order valence-corrected chi connectivity index (χ0v) is 12.1. The highest BCUT2D eigenvalue weighted by Gasteiger charge is 2.19. The van der Waals surface area contributed by atoms with Crippen LogP contribution in [0, 0.1) is 5.82 Å². The number of aromatic hydroxyl groups is 1. The van der Waals surface area contributed by atoms with Crippen molar-refractivity contribution in [1.82, 2.24) is 0 Å². The molecular weight excluding hydrogens is 303 g/mol. The summed E-state index contributed by atoms with van der Waals surface area (Å²) < 4.78 is 20.2. The highest BCUT2D eigenvalue weighted by atomic mass is 35.5. The van der Waals surface area contributed by atoms with Gasteiger partial charge in [0.2, 0.25) is 0 Å². The monoisotopic (exact) mass is 312 g/mol. The number of furan rings is 1. The minimum atomic E-state index is -0.558. The van der Waals surface area contributed by atoms with E-state index >= 15 is 0 Å². The van der Waals surface area contributed by atoms with Crippen LogP contribution in [-0.2, 0) is 0 Å². The van der Waals surface area contributed by atoms with Gasteiger partial charge in [0.1, 0.15) is 22.7 Å². The summed E-state index contributed by atoms with van der Waals surface area (Å²) in [5.74, 6) is -0.572. The van der Waals surface area contributed by atoms with Crippen LogP contribution < -0.4 is 0 Å². The van der Waals surface area contributed by atoms with Crippen molar-refractivity contribution >= 4 is 33.5 Å². The van der Waals surface area contributed by atoms with Gasteiger partial charge in [-0.05, 0) is 24.3 Å². The largest absolute Gasteiger partial charge is 0.507 e. The number of rotatable bonds is 1. The molecular formula is C18H10ClFO2. The molecule has 4 heteroatoms. The minimum absolute atomic E-state index is 0.0137. The van der Waals surface area contributed by atoms with Gasteiger partial charge in [0.05, 0.1) is 5.02 Å². The molecule has 0 aliphatic rings. The lowest BCUT2D eigenvalue weighted by molar-refractivity contribution is 0.477. The van der Waals surface area contributed by atoms with Crippen molar-refractivity contribution in [3.8, 4) is 16.9 Å². The molecule has 3 aromatic carbocycles. The number of halogens is 2. The Balaban J connectivity index is 2.21. The van der Waals surface area contributed by atoms with E-state index in [4.69, 9.17) is 16.0 Å². The fourth-order valence-corrected chi connectivity index (χ4v) is 2.95. The van der Waals surface area contributed by atoms with Crippen LogP contribution >= 0.6 is 11.6 Å². The maximum Gasteiger partial charge on any atom is 0.149 e. The number of phenolic OH excluding ortho intramolecular Hbond substituents is 1. The van der Waals surface area contributed by atoms with E-state index in [1.165, 1.54) is 12.1 Å². The predicted molar refractivity (Wildman–Crippen MR) is 85.8 cm³/mol. The summed E-state index contributed by atoms with van der Waals surface area (Å²) in [6.45, 7) is 0. The second kappa shape index (κ2) is 4.75. The molecule has 4 aromatic rings. The van der Waals surface area contributed by atoms with Crippen molar-refractivity contribution in [1.29, 1.82) is 0 Å². The quantitative estimate of drug-likeness (QED) is 0.485. The van der Waals surface area contributed by atoms with Crippen LogP contribution in [0.25, 0.3) is 33.1 Å². The van der Waals surface area contributed by atoms with E-state index in [0.717, 1.165) is 5.39 Å². The van der Waals surface area contributed by atoms with Crippen molar-refractivity contribution in [2.75, 3.05) is 0 Å². The second-order valence-electron chi connectivity index (χ2n) is 5.03. The third-order valence-corrected chi connectivity index (χ3v) is 4.03. The first kappa shape index (κ1) is 13.2. The molecule has 22 heavy (non-hydrogen) atoms.